The molecule has 3 amide bonds. The first-order chi connectivity index (χ1) is 22.3. The average molecular weight is 709 g/mol. The summed E-state index contributed by atoms with van der Waals surface area (Å²) in [6.07, 6.45) is 4.85. The summed E-state index contributed by atoms with van der Waals surface area (Å²) >= 11 is 4.89. The minimum Gasteiger partial charge on any atom is -0.361 e. The van der Waals surface area contributed by atoms with Crippen molar-refractivity contribution in [2.24, 2.45) is 11.5 Å². The number of carbonyl (C=O) groups excluding carboxylic acids is 3. The van der Waals surface area contributed by atoms with Gasteiger partial charge in [0.1, 0.15) is 21.7 Å². The molecule has 242 valence electrons. The Balaban J connectivity index is 1.54. The van der Waals surface area contributed by atoms with Crippen LogP contribution in [0.3, 0.4) is 0 Å². The highest BCUT2D eigenvalue weighted by Crippen LogP contribution is 2.32. The number of nitrogens with one attached hydrogen (secondary N) is 4. The van der Waals surface area contributed by atoms with Gasteiger partial charge in [-0.05, 0) is 70.7 Å². The number of halogens is 1. The van der Waals surface area contributed by atoms with E-state index in [9.17, 15) is 14.4 Å². The number of aromatic nitrogens is 3. The monoisotopic (exact) mass is 707 g/mol. The van der Waals surface area contributed by atoms with E-state index in [-0.39, 0.29) is 31.3 Å². The van der Waals surface area contributed by atoms with E-state index in [1.807, 2.05) is 54.7 Å². The van der Waals surface area contributed by atoms with Crippen LogP contribution in [0, 0.1) is 0 Å². The molecule has 46 heavy (non-hydrogen) atoms. The lowest BCUT2D eigenvalue weighted by Crippen LogP contribution is -2.59. The average Bonchev–Trinajstić information content (AvgIpc) is 3.48. The Morgan fingerprint density at radius 1 is 1.02 bits per heavy atom. The number of aromatic amines is 1. The van der Waals surface area contributed by atoms with Gasteiger partial charge in [0.15, 0.2) is 0 Å². The molecule has 0 spiro atoms. The standard InChI is InChI=1S/C32H38BrN9O3S/c1-42-26(14-20-17-37-22-8-3-2-7-21(20)22)30(44)39-18-25-27(10-11-28(33)40-25)46-31-19(6-5-13-36-31)16-38-23(9-4-12-34)29(43)41-24(15-35)32(42)45/h2-3,5-8,10-11,13,17,23-24,26,37-38H,4,9,12,14-16,18,34-35H2,1H3,(H,39,44)(H,41,43)/t23-,24-,26-/m0/s1. The van der Waals surface area contributed by atoms with Crippen LogP contribution in [0.4, 0.5) is 0 Å². The van der Waals surface area contributed by atoms with Gasteiger partial charge in [0, 0.05) is 54.8 Å². The maximum absolute atomic E-state index is 14.0. The summed E-state index contributed by atoms with van der Waals surface area (Å²) in [6.45, 7) is 0.731. The van der Waals surface area contributed by atoms with E-state index in [2.05, 4.69) is 46.8 Å². The number of pyridine rings is 2. The number of rotatable bonds is 6. The molecule has 3 atom stereocenters. The van der Waals surface area contributed by atoms with Gasteiger partial charge < -0.3 is 37.3 Å². The third-order valence-corrected chi connectivity index (χ3v) is 9.59. The van der Waals surface area contributed by atoms with Crippen molar-refractivity contribution in [2.75, 3.05) is 20.1 Å². The minimum atomic E-state index is -1.04. The number of carbonyl (C=O) groups is 3. The zero-order valence-electron chi connectivity index (χ0n) is 25.5. The zero-order valence-corrected chi connectivity index (χ0v) is 27.9. The van der Waals surface area contributed by atoms with Crippen molar-refractivity contribution in [3.8, 4) is 0 Å². The second-order valence-electron chi connectivity index (χ2n) is 11.1. The maximum atomic E-state index is 14.0. The number of benzene rings is 1. The molecule has 14 heteroatoms. The number of H-pyrrole nitrogens is 1. The van der Waals surface area contributed by atoms with Gasteiger partial charge in [0.2, 0.25) is 17.7 Å². The Morgan fingerprint density at radius 2 is 1.85 bits per heavy atom. The van der Waals surface area contributed by atoms with Gasteiger partial charge in [-0.2, -0.15) is 0 Å². The maximum Gasteiger partial charge on any atom is 0.246 e. The Kier molecular flexibility index (Phi) is 11.4. The molecule has 5 rings (SSSR count). The van der Waals surface area contributed by atoms with Gasteiger partial charge in [0.25, 0.3) is 0 Å². The lowest BCUT2D eigenvalue weighted by molar-refractivity contribution is -0.141. The number of hydrogen-bond acceptors (Lipinski definition) is 9. The molecule has 0 saturated heterocycles. The molecule has 1 aromatic carbocycles. The predicted octanol–water partition coefficient (Wildman–Crippen LogP) is 2.21. The first kappa shape index (κ1) is 33.5. The molecular formula is C32H38BrN9O3S. The fourth-order valence-corrected chi connectivity index (χ4v) is 6.72. The topological polar surface area (TPSA) is 184 Å². The zero-order chi connectivity index (χ0) is 32.6. The molecule has 8 N–H and O–H groups in total. The lowest BCUT2D eigenvalue weighted by atomic mass is 10.0. The summed E-state index contributed by atoms with van der Waals surface area (Å²) in [5, 5.41) is 10.9. The Morgan fingerprint density at radius 3 is 2.65 bits per heavy atom. The van der Waals surface area contributed by atoms with Gasteiger partial charge in [-0.3, -0.25) is 14.4 Å². The highest BCUT2D eigenvalue weighted by Gasteiger charge is 2.33. The first-order valence-electron chi connectivity index (χ1n) is 15.1. The quantitative estimate of drug-likeness (QED) is 0.164. The largest absolute Gasteiger partial charge is 0.361 e. The Hall–Kier alpha value is -3.82. The van der Waals surface area contributed by atoms with Crippen LogP contribution < -0.4 is 27.4 Å². The number of nitrogens with zero attached hydrogens (tertiary/aromatic N) is 3. The van der Waals surface area contributed by atoms with E-state index < -0.39 is 24.0 Å². The SMILES string of the molecule is CN1C(=O)[C@H](CN)NC(=O)[C@H](CCCN)NCc2cccnc2Sc2ccc(Br)nc2CNC(=O)[C@@H]1Cc1c[nH]c2ccccc12. The van der Waals surface area contributed by atoms with Crippen LogP contribution >= 0.6 is 27.7 Å². The van der Waals surface area contributed by atoms with Gasteiger partial charge in [0.05, 0.1) is 18.3 Å². The van der Waals surface area contributed by atoms with E-state index in [0.29, 0.717) is 36.2 Å². The van der Waals surface area contributed by atoms with E-state index in [1.165, 1.54) is 16.7 Å². The summed E-state index contributed by atoms with van der Waals surface area (Å²) in [5.41, 5.74) is 15.2. The smallest absolute Gasteiger partial charge is 0.246 e. The van der Waals surface area contributed by atoms with Gasteiger partial charge in [-0.25, -0.2) is 9.97 Å². The molecule has 4 aromatic rings. The third kappa shape index (κ3) is 7.93. The third-order valence-electron chi connectivity index (χ3n) is 7.99. The second-order valence-corrected chi connectivity index (χ2v) is 12.9. The molecule has 12 nitrogen and oxygen atoms in total. The lowest BCUT2D eigenvalue weighted by Gasteiger charge is -2.31. The molecule has 3 aromatic heterocycles. The highest BCUT2D eigenvalue weighted by molar-refractivity contribution is 9.10. The van der Waals surface area contributed by atoms with Crippen LogP contribution in [0.25, 0.3) is 10.9 Å². The minimum absolute atomic E-state index is 0.117. The summed E-state index contributed by atoms with van der Waals surface area (Å²) in [4.78, 5) is 56.2. The first-order valence-corrected chi connectivity index (χ1v) is 16.7. The molecule has 0 unspecified atom stereocenters. The number of amides is 3. The van der Waals surface area contributed by atoms with Crippen molar-refractivity contribution in [3.05, 3.63) is 82.3 Å². The van der Waals surface area contributed by atoms with E-state index in [0.717, 1.165) is 32.0 Å². The van der Waals surface area contributed by atoms with Crippen molar-refractivity contribution < 1.29 is 14.4 Å². The van der Waals surface area contributed by atoms with E-state index in [4.69, 9.17) is 11.5 Å². The highest BCUT2D eigenvalue weighted by atomic mass is 79.9. The van der Waals surface area contributed by atoms with Crippen LogP contribution in [0.15, 0.2) is 75.4 Å². The molecule has 0 bridgehead atoms. The van der Waals surface area contributed by atoms with Crippen molar-refractivity contribution >= 4 is 56.3 Å². The van der Waals surface area contributed by atoms with Crippen LogP contribution in [-0.4, -0.2) is 75.8 Å². The van der Waals surface area contributed by atoms with Crippen molar-refractivity contribution in [1.29, 1.82) is 0 Å². The molecule has 0 fully saturated rings. The van der Waals surface area contributed by atoms with Crippen molar-refractivity contribution in [3.63, 3.8) is 0 Å². The number of fused-ring (bicyclic) bond motifs is 3. The van der Waals surface area contributed by atoms with Crippen LogP contribution in [0.2, 0.25) is 0 Å². The molecule has 0 aliphatic carbocycles. The van der Waals surface area contributed by atoms with Gasteiger partial charge in [-0.1, -0.05) is 36.0 Å². The Bertz CT molecular complexity index is 1700. The normalized spacial score (nSPS) is 20.0. The second kappa shape index (κ2) is 15.6. The summed E-state index contributed by atoms with van der Waals surface area (Å²) in [5.74, 6) is -1.21. The molecular weight excluding hydrogens is 670 g/mol. The number of nitrogens with two attached hydrogens (primary N) is 2. The van der Waals surface area contributed by atoms with Crippen LogP contribution in [0.1, 0.15) is 29.7 Å². The fourth-order valence-electron chi connectivity index (χ4n) is 5.41. The van der Waals surface area contributed by atoms with E-state index >= 15 is 0 Å². The molecule has 1 aliphatic heterocycles. The van der Waals surface area contributed by atoms with Gasteiger partial charge >= 0.3 is 0 Å². The summed E-state index contributed by atoms with van der Waals surface area (Å²) in [7, 11) is 1.56. The predicted molar refractivity (Wildman–Crippen MR) is 181 cm³/mol. The van der Waals surface area contributed by atoms with Gasteiger partial charge in [-0.15, -0.1) is 0 Å². The van der Waals surface area contributed by atoms with Crippen molar-refractivity contribution in [1.82, 2.24) is 35.8 Å². The number of likely N-dealkylation sites (N-methyl/N-ethyl adjacent to an activating group) is 1. The molecule has 1 aliphatic rings. The molecule has 4 heterocycles. The molecule has 0 saturated carbocycles. The Labute approximate surface area is 280 Å². The summed E-state index contributed by atoms with van der Waals surface area (Å²) in [6, 6.07) is 12.7. The van der Waals surface area contributed by atoms with Crippen LogP contribution in [-0.2, 0) is 33.9 Å². The number of hydrogen-bond donors (Lipinski definition) is 6. The summed E-state index contributed by atoms with van der Waals surface area (Å²) < 4.78 is 0.621. The van der Waals surface area contributed by atoms with E-state index in [1.54, 1.807) is 13.2 Å². The van der Waals surface area contributed by atoms with Crippen molar-refractivity contribution in [2.45, 2.75) is 60.4 Å². The molecule has 0 radical (unpaired) electrons. The van der Waals surface area contributed by atoms with Crippen LogP contribution in [0.5, 0.6) is 0 Å². The number of para-hydroxylation sites is 1. The fraction of sp³-hybridized carbons (Fsp3) is 0.344.